The van der Waals surface area contributed by atoms with Gasteiger partial charge in [0, 0.05) is 0 Å². The minimum Gasteiger partial charge on any atom is -1.00 e. The molecule has 0 spiro atoms. The van der Waals surface area contributed by atoms with Gasteiger partial charge in [-0.05, 0) is 12.8 Å². The van der Waals surface area contributed by atoms with E-state index in [4.69, 9.17) is 0 Å². The number of rotatable bonds is 15. The molecular weight excluding hydrogens is 348 g/mol. The van der Waals surface area contributed by atoms with E-state index in [9.17, 15) is 0 Å². The van der Waals surface area contributed by atoms with Crippen LogP contribution in [0.5, 0.6) is 0 Å². The summed E-state index contributed by atoms with van der Waals surface area (Å²) in [5, 5.41) is 0. The Morgan fingerprint density at radius 1 is 0.826 bits per heavy atom. The lowest BCUT2D eigenvalue weighted by molar-refractivity contribution is -0.696. The summed E-state index contributed by atoms with van der Waals surface area (Å²) in [5.74, 6) is 0. The van der Waals surface area contributed by atoms with Gasteiger partial charge >= 0.3 is 0 Å². The average molecular weight is 385 g/mol. The number of unbranched alkanes of at least 4 members (excludes halogenated alkanes) is 12. The molecule has 0 atom stereocenters. The first kappa shape index (κ1) is 22.4. The van der Waals surface area contributed by atoms with E-state index in [1.807, 2.05) is 10.8 Å². The van der Waals surface area contributed by atoms with Crippen LogP contribution in [0.4, 0.5) is 0 Å². The molecule has 0 saturated carbocycles. The monoisotopic (exact) mass is 384 g/mol. The standard InChI is InChI=1S/C20H37N2.BrH/c1-3-5-6-7-8-9-10-11-12-13-14-15-16-17-22-19-18-21(4-2)20-22;/h4,18-20H,2-3,5-17H2,1H3;1H/q+1;/p-1. The number of aromatic nitrogens is 2. The van der Waals surface area contributed by atoms with E-state index in [2.05, 4.69) is 36.8 Å². The third kappa shape index (κ3) is 12.5. The van der Waals surface area contributed by atoms with Crippen LogP contribution in [0.15, 0.2) is 25.3 Å². The van der Waals surface area contributed by atoms with Crippen molar-refractivity contribution < 1.29 is 21.5 Å². The zero-order chi connectivity index (χ0) is 15.9. The third-order valence-corrected chi connectivity index (χ3v) is 4.44. The van der Waals surface area contributed by atoms with E-state index < -0.39 is 0 Å². The Labute approximate surface area is 154 Å². The summed E-state index contributed by atoms with van der Waals surface area (Å²) >= 11 is 0. The molecule has 0 aliphatic carbocycles. The smallest absolute Gasteiger partial charge is 0.248 e. The van der Waals surface area contributed by atoms with Gasteiger partial charge in [0.15, 0.2) is 0 Å². The Hall–Kier alpha value is -0.570. The molecule has 1 aromatic heterocycles. The van der Waals surface area contributed by atoms with Crippen molar-refractivity contribution in [3.8, 4) is 0 Å². The van der Waals surface area contributed by atoms with Gasteiger partial charge in [0.25, 0.3) is 0 Å². The molecule has 0 amide bonds. The number of hydrogen-bond acceptors (Lipinski definition) is 0. The summed E-state index contributed by atoms with van der Waals surface area (Å²) in [6, 6.07) is 0. The topological polar surface area (TPSA) is 8.81 Å². The van der Waals surface area contributed by atoms with Crippen LogP contribution in [-0.4, -0.2) is 4.57 Å². The highest BCUT2D eigenvalue weighted by Crippen LogP contribution is 2.12. The number of imidazole rings is 1. The zero-order valence-corrected chi connectivity index (χ0v) is 16.8. The van der Waals surface area contributed by atoms with Crippen molar-refractivity contribution in [2.24, 2.45) is 0 Å². The maximum atomic E-state index is 3.76. The zero-order valence-electron chi connectivity index (χ0n) is 15.2. The highest BCUT2D eigenvalue weighted by Gasteiger charge is 2.00. The minimum absolute atomic E-state index is 0. The highest BCUT2D eigenvalue weighted by molar-refractivity contribution is 5.12. The Morgan fingerprint density at radius 2 is 1.30 bits per heavy atom. The fourth-order valence-corrected chi connectivity index (χ4v) is 2.96. The number of aryl methyl sites for hydroxylation is 1. The molecule has 23 heavy (non-hydrogen) atoms. The number of halogens is 1. The summed E-state index contributed by atoms with van der Waals surface area (Å²) in [4.78, 5) is 0. The van der Waals surface area contributed by atoms with E-state index in [1.54, 1.807) is 0 Å². The number of nitrogens with zero attached hydrogens (tertiary/aromatic N) is 2. The SMILES string of the molecule is C=Cn1cc[n+](CCCCCCCCCCCCCCC)c1.[Br-]. The van der Waals surface area contributed by atoms with Crippen LogP contribution >= 0.6 is 0 Å². The molecule has 0 aromatic carbocycles. The quantitative estimate of drug-likeness (QED) is 0.324. The molecule has 0 fully saturated rings. The second-order valence-electron chi connectivity index (χ2n) is 6.52. The highest BCUT2D eigenvalue weighted by atomic mass is 79.9. The normalized spacial score (nSPS) is 10.5. The molecule has 0 N–H and O–H groups in total. The molecule has 0 saturated heterocycles. The fraction of sp³-hybridized carbons (Fsp3) is 0.750. The molecular formula is C20H37BrN2. The van der Waals surface area contributed by atoms with Gasteiger partial charge in [0.05, 0.1) is 12.7 Å². The van der Waals surface area contributed by atoms with Crippen LogP contribution in [0.3, 0.4) is 0 Å². The molecule has 1 rings (SSSR count). The van der Waals surface area contributed by atoms with Crippen molar-refractivity contribution in [3.63, 3.8) is 0 Å². The Kier molecular flexibility index (Phi) is 15.9. The summed E-state index contributed by atoms with van der Waals surface area (Å²) in [6.07, 6.45) is 26.6. The molecule has 1 heterocycles. The molecule has 134 valence electrons. The number of hydrogen-bond donors (Lipinski definition) is 0. The predicted molar refractivity (Wildman–Crippen MR) is 96.7 cm³/mol. The van der Waals surface area contributed by atoms with Gasteiger partial charge in [-0.1, -0.05) is 84.1 Å². The van der Waals surface area contributed by atoms with Gasteiger partial charge in [-0.25, -0.2) is 9.13 Å². The Balaban J connectivity index is 0.00000484. The molecule has 1 aromatic rings. The summed E-state index contributed by atoms with van der Waals surface area (Å²) in [5.41, 5.74) is 0. The summed E-state index contributed by atoms with van der Waals surface area (Å²) in [7, 11) is 0. The van der Waals surface area contributed by atoms with Crippen LogP contribution in [0, 0.1) is 0 Å². The Bertz CT molecular complexity index is 373. The minimum atomic E-state index is 0. The Morgan fingerprint density at radius 3 is 1.74 bits per heavy atom. The van der Waals surface area contributed by atoms with Gasteiger partial charge in [0.2, 0.25) is 6.33 Å². The van der Waals surface area contributed by atoms with E-state index >= 15 is 0 Å². The molecule has 3 heteroatoms. The second-order valence-corrected chi connectivity index (χ2v) is 6.52. The van der Waals surface area contributed by atoms with Gasteiger partial charge < -0.3 is 17.0 Å². The van der Waals surface area contributed by atoms with Crippen molar-refractivity contribution in [2.45, 2.75) is 96.9 Å². The van der Waals surface area contributed by atoms with Crippen molar-refractivity contribution in [1.29, 1.82) is 0 Å². The maximum absolute atomic E-state index is 3.76. The third-order valence-electron chi connectivity index (χ3n) is 4.44. The van der Waals surface area contributed by atoms with Crippen LogP contribution in [0.25, 0.3) is 6.20 Å². The van der Waals surface area contributed by atoms with E-state index in [0.717, 1.165) is 6.54 Å². The molecule has 0 bridgehead atoms. The average Bonchev–Trinajstić information content (AvgIpc) is 3.00. The second kappa shape index (κ2) is 16.3. The fourth-order valence-electron chi connectivity index (χ4n) is 2.96. The van der Waals surface area contributed by atoms with Crippen molar-refractivity contribution >= 4 is 6.20 Å². The van der Waals surface area contributed by atoms with Crippen LogP contribution in [-0.2, 0) is 6.54 Å². The first-order chi connectivity index (χ1) is 10.9. The first-order valence-corrected chi connectivity index (χ1v) is 9.56. The van der Waals surface area contributed by atoms with Crippen LogP contribution in [0.1, 0.15) is 90.4 Å². The molecule has 0 radical (unpaired) electrons. The van der Waals surface area contributed by atoms with Gasteiger partial charge in [-0.15, -0.1) is 0 Å². The summed E-state index contributed by atoms with van der Waals surface area (Å²) < 4.78 is 4.25. The van der Waals surface area contributed by atoms with Crippen molar-refractivity contribution in [3.05, 3.63) is 25.3 Å². The lowest BCUT2D eigenvalue weighted by atomic mass is 10.0. The molecule has 0 aliphatic rings. The van der Waals surface area contributed by atoms with Crippen molar-refractivity contribution in [1.82, 2.24) is 4.57 Å². The maximum Gasteiger partial charge on any atom is 0.248 e. The lowest BCUT2D eigenvalue weighted by Crippen LogP contribution is -3.00. The van der Waals surface area contributed by atoms with Gasteiger partial charge in [0.1, 0.15) is 12.4 Å². The molecule has 2 nitrogen and oxygen atoms in total. The van der Waals surface area contributed by atoms with Crippen LogP contribution in [0.2, 0.25) is 0 Å². The van der Waals surface area contributed by atoms with Crippen molar-refractivity contribution in [2.75, 3.05) is 0 Å². The molecule has 0 unspecified atom stereocenters. The lowest BCUT2D eigenvalue weighted by Gasteiger charge is -2.02. The van der Waals surface area contributed by atoms with E-state index in [-0.39, 0.29) is 17.0 Å². The predicted octanol–water partition coefficient (Wildman–Crippen LogP) is 2.97. The molecule has 0 aliphatic heterocycles. The first-order valence-electron chi connectivity index (χ1n) is 9.56. The van der Waals surface area contributed by atoms with Crippen LogP contribution < -0.4 is 21.5 Å². The van der Waals surface area contributed by atoms with Gasteiger partial charge in [-0.3, -0.25) is 0 Å². The van der Waals surface area contributed by atoms with Gasteiger partial charge in [-0.2, -0.15) is 0 Å². The summed E-state index contributed by atoms with van der Waals surface area (Å²) in [6.45, 7) is 7.19. The van der Waals surface area contributed by atoms with E-state index in [0.29, 0.717) is 0 Å². The largest absolute Gasteiger partial charge is 1.00 e. The van der Waals surface area contributed by atoms with E-state index in [1.165, 1.54) is 83.5 Å².